The second-order valence-corrected chi connectivity index (χ2v) is 6.57. The van der Waals surface area contributed by atoms with Crippen LogP contribution in [-0.4, -0.2) is 29.3 Å². The molecule has 0 bridgehead atoms. The highest BCUT2D eigenvalue weighted by molar-refractivity contribution is 6.31. The summed E-state index contributed by atoms with van der Waals surface area (Å²) in [4.78, 5) is 24.1. The maximum atomic E-state index is 13.8. The lowest BCUT2D eigenvalue weighted by Gasteiger charge is -2.20. The standard InChI is InChI=1S/C18H18ClF2N3O3/c1-11(15-5-3-13(20)8-17(15)21)22-18(25)10-23(2)9-12-7-14(24(26)27)4-6-16(12)19/h3-8,11H,9-10H2,1-2H3,(H,22,25). The first kappa shape index (κ1) is 20.7. The first-order valence-electron chi connectivity index (χ1n) is 8.03. The van der Waals surface area contributed by atoms with Crippen molar-refractivity contribution in [3.8, 4) is 0 Å². The van der Waals surface area contributed by atoms with Crippen molar-refractivity contribution >= 4 is 23.2 Å². The van der Waals surface area contributed by atoms with Gasteiger partial charge >= 0.3 is 0 Å². The predicted octanol–water partition coefficient (Wildman–Crippen LogP) is 3.84. The highest BCUT2D eigenvalue weighted by Gasteiger charge is 2.17. The smallest absolute Gasteiger partial charge is 0.269 e. The third-order valence-corrected chi connectivity index (χ3v) is 4.27. The molecule has 0 aliphatic rings. The van der Waals surface area contributed by atoms with Crippen molar-refractivity contribution in [2.24, 2.45) is 0 Å². The van der Waals surface area contributed by atoms with Gasteiger partial charge in [0.25, 0.3) is 5.69 Å². The summed E-state index contributed by atoms with van der Waals surface area (Å²) < 4.78 is 26.8. The van der Waals surface area contributed by atoms with Crippen molar-refractivity contribution in [3.05, 3.63) is 74.3 Å². The Bertz CT molecular complexity index is 864. The summed E-state index contributed by atoms with van der Waals surface area (Å²) in [6.07, 6.45) is 0. The molecule has 0 radical (unpaired) electrons. The summed E-state index contributed by atoms with van der Waals surface area (Å²) in [5.41, 5.74) is 0.598. The summed E-state index contributed by atoms with van der Waals surface area (Å²) in [7, 11) is 1.65. The van der Waals surface area contributed by atoms with Crippen LogP contribution in [0.4, 0.5) is 14.5 Å². The molecular formula is C18H18ClF2N3O3. The number of nitrogens with zero attached hydrogens (tertiary/aromatic N) is 2. The Kier molecular flexibility index (Phi) is 6.81. The number of hydrogen-bond acceptors (Lipinski definition) is 4. The van der Waals surface area contributed by atoms with Gasteiger partial charge in [0.15, 0.2) is 0 Å². The molecule has 1 amide bonds. The molecule has 0 heterocycles. The lowest BCUT2D eigenvalue weighted by molar-refractivity contribution is -0.384. The zero-order valence-electron chi connectivity index (χ0n) is 14.7. The summed E-state index contributed by atoms with van der Waals surface area (Å²) in [6, 6.07) is 6.61. The van der Waals surface area contributed by atoms with Gasteiger partial charge in [-0.2, -0.15) is 0 Å². The van der Waals surface area contributed by atoms with Gasteiger partial charge in [0.1, 0.15) is 11.6 Å². The number of nitro benzene ring substituents is 1. The normalized spacial score (nSPS) is 12.1. The Hall–Kier alpha value is -2.58. The fourth-order valence-corrected chi connectivity index (χ4v) is 2.78. The third kappa shape index (κ3) is 5.70. The maximum absolute atomic E-state index is 13.8. The SMILES string of the molecule is CC(NC(=O)CN(C)Cc1cc([N+](=O)[O-])ccc1Cl)c1ccc(F)cc1F. The fourth-order valence-electron chi connectivity index (χ4n) is 2.61. The molecule has 9 heteroatoms. The minimum atomic E-state index is -0.737. The summed E-state index contributed by atoms with van der Waals surface area (Å²) in [5, 5.41) is 13.9. The molecule has 0 aliphatic heterocycles. The molecule has 0 saturated carbocycles. The Morgan fingerprint density at radius 2 is 2.00 bits per heavy atom. The second kappa shape index (κ2) is 8.88. The van der Waals surface area contributed by atoms with Crippen molar-refractivity contribution in [3.63, 3.8) is 0 Å². The molecule has 1 unspecified atom stereocenters. The van der Waals surface area contributed by atoms with E-state index < -0.39 is 22.6 Å². The monoisotopic (exact) mass is 397 g/mol. The zero-order chi connectivity index (χ0) is 20.1. The average Bonchev–Trinajstić information content (AvgIpc) is 2.56. The number of carbonyl (C=O) groups excluding carboxylic acids is 1. The largest absolute Gasteiger partial charge is 0.348 e. The molecule has 0 fully saturated rings. The number of hydrogen-bond donors (Lipinski definition) is 1. The number of non-ortho nitro benzene ring substituents is 1. The number of carbonyl (C=O) groups is 1. The predicted molar refractivity (Wildman–Crippen MR) is 97.4 cm³/mol. The van der Waals surface area contributed by atoms with Gasteiger partial charge in [-0.1, -0.05) is 17.7 Å². The first-order valence-corrected chi connectivity index (χ1v) is 8.41. The maximum Gasteiger partial charge on any atom is 0.269 e. The van der Waals surface area contributed by atoms with Crippen molar-refractivity contribution < 1.29 is 18.5 Å². The van der Waals surface area contributed by atoms with Crippen LogP contribution in [0.1, 0.15) is 24.1 Å². The molecule has 1 N–H and O–H groups in total. The molecule has 0 aromatic heterocycles. The molecule has 1 atom stereocenters. The molecular weight excluding hydrogens is 380 g/mol. The van der Waals surface area contributed by atoms with Gasteiger partial charge in [-0.25, -0.2) is 8.78 Å². The summed E-state index contributed by atoms with van der Waals surface area (Å²) >= 11 is 6.05. The molecule has 6 nitrogen and oxygen atoms in total. The van der Waals surface area contributed by atoms with Crippen LogP contribution >= 0.6 is 11.6 Å². The van der Waals surface area contributed by atoms with Gasteiger partial charge in [0.05, 0.1) is 17.5 Å². The Morgan fingerprint density at radius 1 is 1.30 bits per heavy atom. The van der Waals surface area contributed by atoms with E-state index in [4.69, 9.17) is 11.6 Å². The Morgan fingerprint density at radius 3 is 2.63 bits per heavy atom. The summed E-state index contributed by atoms with van der Waals surface area (Å²) in [5.74, 6) is -1.81. The fraction of sp³-hybridized carbons (Fsp3) is 0.278. The van der Waals surface area contributed by atoms with Crippen molar-refractivity contribution in [1.82, 2.24) is 10.2 Å². The van der Waals surface area contributed by atoms with Crippen LogP contribution in [0.2, 0.25) is 5.02 Å². The van der Waals surface area contributed by atoms with Gasteiger partial charge in [0, 0.05) is 35.3 Å². The van der Waals surface area contributed by atoms with E-state index in [1.165, 1.54) is 24.3 Å². The highest BCUT2D eigenvalue weighted by atomic mass is 35.5. The zero-order valence-corrected chi connectivity index (χ0v) is 15.5. The average molecular weight is 398 g/mol. The van der Waals surface area contributed by atoms with Crippen LogP contribution in [0.5, 0.6) is 0 Å². The van der Waals surface area contributed by atoms with Gasteiger partial charge in [-0.15, -0.1) is 0 Å². The van der Waals surface area contributed by atoms with E-state index in [-0.39, 0.29) is 30.2 Å². The molecule has 144 valence electrons. The molecule has 2 aromatic carbocycles. The van der Waals surface area contributed by atoms with Crippen LogP contribution in [0, 0.1) is 21.7 Å². The number of benzene rings is 2. The lowest BCUT2D eigenvalue weighted by atomic mass is 10.1. The highest BCUT2D eigenvalue weighted by Crippen LogP contribution is 2.23. The number of nitrogens with one attached hydrogen (secondary N) is 1. The van der Waals surface area contributed by atoms with Gasteiger partial charge in [0.2, 0.25) is 5.91 Å². The van der Waals surface area contributed by atoms with Gasteiger partial charge in [-0.05, 0) is 31.7 Å². The van der Waals surface area contributed by atoms with Crippen molar-refractivity contribution in [2.45, 2.75) is 19.5 Å². The van der Waals surface area contributed by atoms with Crippen LogP contribution in [0.3, 0.4) is 0 Å². The summed E-state index contributed by atoms with van der Waals surface area (Å²) in [6.45, 7) is 1.77. The number of nitro groups is 1. The Balaban J connectivity index is 1.97. The van der Waals surface area contributed by atoms with Crippen molar-refractivity contribution in [1.29, 1.82) is 0 Å². The molecule has 0 aliphatic carbocycles. The van der Waals surface area contributed by atoms with E-state index in [1.54, 1.807) is 18.9 Å². The van der Waals surface area contributed by atoms with Crippen LogP contribution < -0.4 is 5.32 Å². The molecule has 0 saturated heterocycles. The molecule has 2 rings (SSSR count). The van der Waals surface area contributed by atoms with E-state index in [0.29, 0.717) is 10.6 Å². The van der Waals surface area contributed by atoms with E-state index >= 15 is 0 Å². The second-order valence-electron chi connectivity index (χ2n) is 6.16. The lowest BCUT2D eigenvalue weighted by Crippen LogP contribution is -2.36. The van der Waals surface area contributed by atoms with E-state index in [1.807, 2.05) is 0 Å². The molecule has 2 aromatic rings. The van der Waals surface area contributed by atoms with Gasteiger partial charge in [-0.3, -0.25) is 19.8 Å². The number of halogens is 3. The number of amides is 1. The number of likely N-dealkylation sites (N-methyl/N-ethyl adjacent to an activating group) is 1. The molecule has 0 spiro atoms. The first-order chi connectivity index (χ1) is 12.7. The van der Waals surface area contributed by atoms with Gasteiger partial charge < -0.3 is 5.32 Å². The van der Waals surface area contributed by atoms with Crippen molar-refractivity contribution in [2.75, 3.05) is 13.6 Å². The minimum absolute atomic E-state index is 0.0355. The third-order valence-electron chi connectivity index (χ3n) is 3.90. The van der Waals surface area contributed by atoms with Crippen LogP contribution in [0.25, 0.3) is 0 Å². The number of rotatable bonds is 7. The minimum Gasteiger partial charge on any atom is -0.348 e. The molecule has 27 heavy (non-hydrogen) atoms. The van der Waals surface area contributed by atoms with Crippen LogP contribution in [-0.2, 0) is 11.3 Å². The topological polar surface area (TPSA) is 75.5 Å². The quantitative estimate of drug-likeness (QED) is 0.569. The van der Waals surface area contributed by atoms with E-state index in [2.05, 4.69) is 5.32 Å². The Labute approximate surface area is 159 Å². The van der Waals surface area contributed by atoms with E-state index in [0.717, 1.165) is 12.1 Å². The van der Waals surface area contributed by atoms with Crippen LogP contribution in [0.15, 0.2) is 36.4 Å². The van der Waals surface area contributed by atoms with E-state index in [9.17, 15) is 23.7 Å².